The number of carbonyl (C=O) groups is 1. The summed E-state index contributed by atoms with van der Waals surface area (Å²) in [7, 11) is 2.96. The highest BCUT2D eigenvalue weighted by Crippen LogP contribution is 2.28. The van der Waals surface area contributed by atoms with Gasteiger partial charge in [0.05, 0.1) is 32.5 Å². The molecule has 0 atom stereocenters. The molecule has 3 heterocycles. The summed E-state index contributed by atoms with van der Waals surface area (Å²) >= 11 is 0. The number of methoxy groups -OCH3 is 2. The maximum absolute atomic E-state index is 12.0. The Labute approximate surface area is 183 Å². The third-order valence-corrected chi connectivity index (χ3v) is 5.31. The number of carbonyl (C=O) groups excluding carboxylic acids is 1. The van der Waals surface area contributed by atoms with Gasteiger partial charge in [-0.1, -0.05) is 29.8 Å². The highest BCUT2D eigenvalue weighted by molar-refractivity contribution is 5.85. The van der Waals surface area contributed by atoms with Crippen molar-refractivity contribution in [2.24, 2.45) is 0 Å². The maximum atomic E-state index is 12.0. The number of nitrogens with zero attached hydrogens (tertiary/aromatic N) is 6. The Hall–Kier alpha value is -4.27. The molecule has 5 aromatic rings. The topological polar surface area (TPSA) is 96.4 Å². The zero-order chi connectivity index (χ0) is 22.2. The van der Waals surface area contributed by atoms with Crippen molar-refractivity contribution in [1.29, 1.82) is 0 Å². The predicted octanol–water partition coefficient (Wildman–Crippen LogP) is 3.16. The number of aromatic nitrogens is 6. The fraction of sp³-hybridized carbons (Fsp3) is 0.174. The molecule has 0 saturated heterocycles. The summed E-state index contributed by atoms with van der Waals surface area (Å²) in [6, 6.07) is 15.6. The van der Waals surface area contributed by atoms with Crippen molar-refractivity contribution in [2.75, 3.05) is 14.2 Å². The summed E-state index contributed by atoms with van der Waals surface area (Å²) in [6.07, 6.45) is 1.74. The van der Waals surface area contributed by atoms with E-state index in [1.165, 1.54) is 12.7 Å². The van der Waals surface area contributed by atoms with E-state index >= 15 is 0 Å². The molecule has 0 aliphatic rings. The van der Waals surface area contributed by atoms with Gasteiger partial charge in [0.15, 0.2) is 16.8 Å². The zero-order valence-corrected chi connectivity index (χ0v) is 17.8. The lowest BCUT2D eigenvalue weighted by atomic mass is 10.1. The van der Waals surface area contributed by atoms with Crippen LogP contribution in [0.5, 0.6) is 5.75 Å². The summed E-state index contributed by atoms with van der Waals surface area (Å²) in [5.74, 6) is 0.319. The first-order valence-corrected chi connectivity index (χ1v) is 9.99. The summed E-state index contributed by atoms with van der Waals surface area (Å²) in [5.41, 5.74) is 5.94. The Morgan fingerprint density at radius 3 is 2.44 bits per heavy atom. The van der Waals surface area contributed by atoms with E-state index in [2.05, 4.69) is 20.4 Å². The van der Waals surface area contributed by atoms with Crippen LogP contribution in [0.2, 0.25) is 0 Å². The number of rotatable bonds is 5. The smallest absolute Gasteiger partial charge is 0.311 e. The third kappa shape index (κ3) is 3.24. The third-order valence-electron chi connectivity index (χ3n) is 5.31. The Bertz CT molecular complexity index is 1440. The first-order valence-electron chi connectivity index (χ1n) is 9.99. The summed E-state index contributed by atoms with van der Waals surface area (Å²) in [6.45, 7) is 2.04. The molecule has 0 amide bonds. The molecular weight excluding hydrogens is 408 g/mol. The van der Waals surface area contributed by atoms with Crippen LogP contribution in [-0.2, 0) is 16.0 Å². The van der Waals surface area contributed by atoms with E-state index in [1.54, 1.807) is 22.5 Å². The van der Waals surface area contributed by atoms with Gasteiger partial charge >= 0.3 is 5.97 Å². The standard InChI is InChI=1S/C23H20N6O3/c1-14-4-6-15(7-5-14)18-13-24-29-22(18)26-25-21-19(12-20(30)32-3)27-28(23(21)29)16-8-10-17(31-2)11-9-16/h4-11,13H,12H2,1-3H3. The van der Waals surface area contributed by atoms with Gasteiger partial charge in [-0.25, -0.2) is 4.68 Å². The highest BCUT2D eigenvalue weighted by atomic mass is 16.5. The fourth-order valence-corrected chi connectivity index (χ4v) is 3.60. The predicted molar refractivity (Wildman–Crippen MR) is 118 cm³/mol. The second-order valence-corrected chi connectivity index (χ2v) is 7.34. The molecule has 0 unspecified atom stereocenters. The monoisotopic (exact) mass is 428 g/mol. The van der Waals surface area contributed by atoms with Crippen molar-refractivity contribution in [3.63, 3.8) is 0 Å². The minimum Gasteiger partial charge on any atom is -0.497 e. The number of aryl methyl sites for hydroxylation is 1. The molecule has 0 radical (unpaired) electrons. The number of hydrogen-bond donors (Lipinski definition) is 0. The molecule has 2 aromatic carbocycles. The lowest BCUT2D eigenvalue weighted by Crippen LogP contribution is -2.06. The van der Waals surface area contributed by atoms with E-state index in [9.17, 15) is 4.79 Å². The van der Waals surface area contributed by atoms with Crippen molar-refractivity contribution >= 4 is 22.8 Å². The van der Waals surface area contributed by atoms with Crippen LogP contribution in [0.1, 0.15) is 11.3 Å². The van der Waals surface area contributed by atoms with Crippen molar-refractivity contribution in [3.8, 4) is 22.6 Å². The van der Waals surface area contributed by atoms with Crippen LogP contribution < -0.4 is 4.74 Å². The van der Waals surface area contributed by atoms with Gasteiger partial charge in [0.25, 0.3) is 0 Å². The minimum absolute atomic E-state index is 0.0254. The molecule has 32 heavy (non-hydrogen) atoms. The SMILES string of the molecule is COC(=O)Cc1nn(-c2ccc(OC)cc2)c2c1nnc1c(-c3ccc(C)cc3)cnn12. The van der Waals surface area contributed by atoms with E-state index in [0.29, 0.717) is 22.5 Å². The van der Waals surface area contributed by atoms with E-state index in [-0.39, 0.29) is 6.42 Å². The van der Waals surface area contributed by atoms with Crippen LogP contribution in [-0.4, -0.2) is 49.8 Å². The van der Waals surface area contributed by atoms with Gasteiger partial charge in [-0.15, -0.1) is 10.2 Å². The van der Waals surface area contributed by atoms with Gasteiger partial charge in [0.1, 0.15) is 11.4 Å². The van der Waals surface area contributed by atoms with E-state index in [0.717, 1.165) is 22.6 Å². The van der Waals surface area contributed by atoms with Crippen LogP contribution in [0, 0.1) is 6.92 Å². The van der Waals surface area contributed by atoms with Crippen molar-refractivity contribution in [2.45, 2.75) is 13.3 Å². The number of hydrogen-bond acceptors (Lipinski definition) is 7. The molecule has 0 aliphatic heterocycles. The second-order valence-electron chi connectivity index (χ2n) is 7.34. The Kier molecular flexibility index (Phi) is 4.78. The van der Waals surface area contributed by atoms with E-state index < -0.39 is 5.97 Å². The Morgan fingerprint density at radius 2 is 1.75 bits per heavy atom. The number of benzene rings is 2. The lowest BCUT2D eigenvalue weighted by Gasteiger charge is -2.06. The van der Waals surface area contributed by atoms with Gasteiger partial charge in [0.2, 0.25) is 0 Å². The van der Waals surface area contributed by atoms with Crippen molar-refractivity contribution < 1.29 is 14.3 Å². The van der Waals surface area contributed by atoms with Gasteiger partial charge in [-0.05, 0) is 36.8 Å². The first kappa shape index (κ1) is 19.7. The second kappa shape index (κ2) is 7.77. The van der Waals surface area contributed by atoms with Gasteiger partial charge < -0.3 is 9.47 Å². The molecule has 0 spiro atoms. The molecule has 3 aromatic heterocycles. The van der Waals surface area contributed by atoms with Crippen LogP contribution in [0.3, 0.4) is 0 Å². The molecule has 5 rings (SSSR count). The van der Waals surface area contributed by atoms with E-state index in [4.69, 9.17) is 9.47 Å². The summed E-state index contributed by atoms with van der Waals surface area (Å²) in [4.78, 5) is 12.0. The number of fused-ring (bicyclic) bond motifs is 3. The summed E-state index contributed by atoms with van der Waals surface area (Å²) < 4.78 is 13.5. The number of esters is 1. The molecule has 0 aliphatic carbocycles. The molecule has 0 N–H and O–H groups in total. The van der Waals surface area contributed by atoms with E-state index in [1.807, 2.05) is 55.5 Å². The first-order chi connectivity index (χ1) is 15.6. The minimum atomic E-state index is -0.408. The zero-order valence-electron chi connectivity index (χ0n) is 17.8. The highest BCUT2D eigenvalue weighted by Gasteiger charge is 2.22. The molecule has 9 nitrogen and oxygen atoms in total. The number of ether oxygens (including phenoxy) is 2. The molecule has 160 valence electrons. The van der Waals surface area contributed by atoms with Crippen LogP contribution in [0.15, 0.2) is 54.7 Å². The molecular formula is C23H20N6O3. The van der Waals surface area contributed by atoms with Gasteiger partial charge in [-0.3, -0.25) is 4.79 Å². The largest absolute Gasteiger partial charge is 0.497 e. The van der Waals surface area contributed by atoms with Gasteiger partial charge in [-0.2, -0.15) is 14.7 Å². The lowest BCUT2D eigenvalue weighted by molar-refractivity contribution is -0.139. The van der Waals surface area contributed by atoms with Crippen molar-refractivity contribution in [1.82, 2.24) is 29.6 Å². The maximum Gasteiger partial charge on any atom is 0.311 e. The van der Waals surface area contributed by atoms with Gasteiger partial charge in [0, 0.05) is 5.56 Å². The quantitative estimate of drug-likeness (QED) is 0.397. The normalized spacial score (nSPS) is 11.2. The average molecular weight is 428 g/mol. The van der Waals surface area contributed by atoms with Crippen LogP contribution in [0.4, 0.5) is 0 Å². The fourth-order valence-electron chi connectivity index (χ4n) is 3.60. The molecule has 0 saturated carbocycles. The molecule has 0 bridgehead atoms. The summed E-state index contributed by atoms with van der Waals surface area (Å²) in [5, 5.41) is 18.1. The Balaban J connectivity index is 1.75. The van der Waals surface area contributed by atoms with Crippen LogP contribution in [0.25, 0.3) is 33.6 Å². The Morgan fingerprint density at radius 1 is 1.00 bits per heavy atom. The average Bonchev–Trinajstić information content (AvgIpc) is 3.41. The molecule has 9 heteroatoms. The van der Waals surface area contributed by atoms with Crippen molar-refractivity contribution in [3.05, 3.63) is 66.0 Å². The molecule has 0 fully saturated rings. The van der Waals surface area contributed by atoms with Crippen LogP contribution >= 0.6 is 0 Å².